The molecule has 0 bridgehead atoms. The van der Waals surface area contributed by atoms with Gasteiger partial charge >= 0.3 is 57.3 Å². The molecule has 716 valence electrons. The third-order valence-electron chi connectivity index (χ3n) is 20.0. The van der Waals surface area contributed by atoms with Crippen LogP contribution < -0.4 is 33.7 Å². The fraction of sp³-hybridized carbons (Fsp3) is 0.775. The number of H-pyrrole nitrogens is 3. The average molecular weight is 1870 g/mol. The van der Waals surface area contributed by atoms with E-state index in [1.807, 2.05) is 4.98 Å². The van der Waals surface area contributed by atoms with Crippen LogP contribution >= 0.6 is 15.6 Å². The van der Waals surface area contributed by atoms with Gasteiger partial charge in [0.1, 0.15) is 81.6 Å². The third-order valence-corrected chi connectivity index (χ3v) is 22.6. The number of halogens is 3. The number of nitrogens with one attached hydrogen (secondary N) is 3. The van der Waals surface area contributed by atoms with Gasteiger partial charge in [-0.2, -0.15) is 0 Å². The van der Waals surface area contributed by atoms with Crippen LogP contribution in [0.5, 0.6) is 0 Å². The lowest BCUT2D eigenvalue weighted by Gasteiger charge is -2.34. The number of hydrogen-bond donors (Lipinski definition) is 6. The van der Waals surface area contributed by atoms with E-state index in [0.717, 1.165) is 66.3 Å². The van der Waals surface area contributed by atoms with Crippen LogP contribution in [-0.4, -0.2) is 333 Å². The van der Waals surface area contributed by atoms with E-state index in [9.17, 15) is 81.2 Å². The van der Waals surface area contributed by atoms with Gasteiger partial charge in [-0.3, -0.25) is 52.1 Å². The number of rotatable bonds is 49. The van der Waals surface area contributed by atoms with Crippen molar-refractivity contribution in [1.29, 1.82) is 0 Å². The molecule has 2 aliphatic carbocycles. The number of alkyl halides is 3. The zero-order chi connectivity index (χ0) is 91.9. The number of aliphatic hydroxyl groups excluding tert-OH is 2. The number of aromatic nitrogens is 6. The molecule has 6 N–H and O–H groups in total. The van der Waals surface area contributed by atoms with Crippen molar-refractivity contribution >= 4 is 40.3 Å². The quantitative estimate of drug-likeness (QED) is 0.0154. The highest BCUT2D eigenvalue weighted by molar-refractivity contribution is 7.48. The Bertz CT molecular complexity index is 4340. The third kappa shape index (κ3) is 27.3. The van der Waals surface area contributed by atoms with Gasteiger partial charge in [0.25, 0.3) is 16.7 Å². The molecule has 0 amide bonds. The summed E-state index contributed by atoms with van der Waals surface area (Å²) < 4.78 is 225. The molecule has 0 unspecified atom stereocenters. The van der Waals surface area contributed by atoms with Crippen molar-refractivity contribution in [2.24, 2.45) is 0 Å². The number of fused-ring (bicyclic) bond motifs is 2. The van der Waals surface area contributed by atoms with Gasteiger partial charge in [0, 0.05) is 90.9 Å². The number of methoxy groups -OCH3 is 4. The van der Waals surface area contributed by atoms with E-state index in [4.69, 9.17) is 127 Å². The van der Waals surface area contributed by atoms with Crippen molar-refractivity contribution in [3.05, 3.63) is 99.3 Å². The number of carbonyl (C=O) groups is 4. The number of phosphoric ester groups is 2. The second-order valence-corrected chi connectivity index (χ2v) is 32.3. The Morgan fingerprint density at radius 3 is 1.01 bits per heavy atom. The molecule has 8 heterocycles. The van der Waals surface area contributed by atoms with E-state index in [2.05, 4.69) is 19.4 Å². The maximum Gasteiger partial charge on any atom is 0.510 e. The highest BCUT2D eigenvalue weighted by Crippen LogP contribution is 2.62. The van der Waals surface area contributed by atoms with Gasteiger partial charge in [-0.05, 0) is 46.5 Å². The molecule has 7 aliphatic rings. The van der Waals surface area contributed by atoms with Crippen LogP contribution in [0.4, 0.5) is 32.3 Å². The van der Waals surface area contributed by atoms with E-state index in [0.29, 0.717) is 56.7 Å². The Balaban J connectivity index is 0.000000247. The van der Waals surface area contributed by atoms with Gasteiger partial charge in [0.15, 0.2) is 47.1 Å². The van der Waals surface area contributed by atoms with Crippen molar-refractivity contribution in [3.63, 3.8) is 0 Å². The maximum atomic E-state index is 15.4. The Labute approximate surface area is 714 Å². The van der Waals surface area contributed by atoms with Crippen LogP contribution in [-0.2, 0) is 145 Å². The molecule has 126 heavy (non-hydrogen) atoms. The topological polar surface area (TPSA) is 595 Å². The molecule has 5 aliphatic heterocycles. The van der Waals surface area contributed by atoms with Crippen LogP contribution in [0.1, 0.15) is 90.8 Å². The molecule has 2 spiro atoms. The minimum Gasteiger partial charge on any atom is -0.432 e. The fourth-order valence-electron chi connectivity index (χ4n) is 14.0. The summed E-state index contributed by atoms with van der Waals surface area (Å²) in [5.41, 5.74) is -16.0. The summed E-state index contributed by atoms with van der Waals surface area (Å²) in [6.45, 7) is -5.25. The summed E-state index contributed by atoms with van der Waals surface area (Å²) in [6.07, 6.45) is -4.57. The largest absolute Gasteiger partial charge is 0.510 e. The number of aliphatic hydroxyl groups is 3. The first-order valence-electron chi connectivity index (χ1n) is 39.1. The SMILES string of the molecule is COCCOCCOC(=O)OCOP(=O)(OCOC(=O)OCCOCCOC)OC[C@@]1(CF)O[C@@H](n2ccc(=O)[nH]c2=O)[C@](C)(O)[C@@H]1O.COCCOCCOC(=O)OCOP(=O)(OCOC(=O)OCCOCCOC)OC[C@@]1(CF)O[C@@H](n2ccc(=O)[nH]c2=O)[C@]2(C)OC3(CCCC3)O[C@H]12.C[C@@]12OC3(CCCC3)O[C@@H]1[C@](CO)(CF)O[C@H]2n1ccc(=O)[nH]c1=O. The van der Waals surface area contributed by atoms with Crippen LogP contribution in [0.2, 0.25) is 0 Å². The molecule has 7 fully saturated rings. The number of ether oxygens (including phenoxy) is 23. The highest BCUT2D eigenvalue weighted by Gasteiger charge is 2.74. The zero-order valence-electron chi connectivity index (χ0n) is 69.9. The highest BCUT2D eigenvalue weighted by atomic mass is 31.2. The average Bonchev–Trinajstić information content (AvgIpc) is 1.54. The van der Waals surface area contributed by atoms with E-state index in [1.165, 1.54) is 40.7 Å². The summed E-state index contributed by atoms with van der Waals surface area (Å²) in [5.74, 6) is -1.99. The Morgan fingerprint density at radius 1 is 0.421 bits per heavy atom. The van der Waals surface area contributed by atoms with Crippen molar-refractivity contribution in [1.82, 2.24) is 28.7 Å². The number of aromatic amines is 3. The normalized spacial score (nSPS) is 26.7. The molecule has 0 radical (unpaired) electrons. The van der Waals surface area contributed by atoms with Gasteiger partial charge in [0.05, 0.1) is 99.1 Å². The van der Waals surface area contributed by atoms with Crippen molar-refractivity contribution in [3.8, 4) is 0 Å². The second kappa shape index (κ2) is 48.3. The van der Waals surface area contributed by atoms with E-state index in [1.54, 1.807) is 13.8 Å². The van der Waals surface area contributed by atoms with Gasteiger partial charge in [-0.25, -0.2) is 74.0 Å². The number of carbonyl (C=O) groups excluding carboxylic acids is 4. The predicted octanol–water partition coefficient (Wildman–Crippen LogP) is 1.72. The molecule has 12 atom stereocenters. The minimum absolute atomic E-state index is 0.000346. The lowest BCUT2D eigenvalue weighted by atomic mass is 9.88. The molecule has 2 saturated carbocycles. The summed E-state index contributed by atoms with van der Waals surface area (Å²) >= 11 is 0. The minimum atomic E-state index is -5.00. The smallest absolute Gasteiger partial charge is 0.432 e. The maximum absolute atomic E-state index is 15.4. The fourth-order valence-corrected chi connectivity index (χ4v) is 16.0. The molecule has 5 saturated heterocycles. The number of nitrogens with zero attached hydrogens (tertiary/aromatic N) is 3. The first-order valence-corrected chi connectivity index (χ1v) is 42.0. The number of phosphoric acid groups is 2. The van der Waals surface area contributed by atoms with Crippen molar-refractivity contribution in [2.45, 2.75) is 154 Å². The molecule has 10 rings (SSSR count). The molecule has 0 aromatic carbocycles. The molecule has 3 aromatic heterocycles. The van der Waals surface area contributed by atoms with E-state index in [-0.39, 0.29) is 79.3 Å². The molecule has 3 aromatic rings. The van der Waals surface area contributed by atoms with Crippen LogP contribution in [0.15, 0.2) is 65.6 Å². The lowest BCUT2D eigenvalue weighted by molar-refractivity contribution is -0.253. The summed E-state index contributed by atoms with van der Waals surface area (Å²) in [4.78, 5) is 126. The molecule has 50 nitrogen and oxygen atoms in total. The second-order valence-electron chi connectivity index (χ2n) is 29.0. The van der Waals surface area contributed by atoms with Crippen LogP contribution in [0.3, 0.4) is 0 Å². The van der Waals surface area contributed by atoms with Crippen molar-refractivity contribution < 1.29 is 193 Å². The molecule has 55 heteroatoms. The van der Waals surface area contributed by atoms with E-state index >= 15 is 4.39 Å². The zero-order valence-corrected chi connectivity index (χ0v) is 71.7. The Hall–Kier alpha value is -7.59. The Kier molecular flexibility index (Phi) is 39.8. The Morgan fingerprint density at radius 2 is 0.706 bits per heavy atom. The summed E-state index contributed by atoms with van der Waals surface area (Å²) in [7, 11) is -4.00. The van der Waals surface area contributed by atoms with E-state index < -0.39 is 223 Å². The standard InChI is InChI=1S/C30H46FN2O19P.C25H40FN2O19P.C16H21FN2O6/c1-28-23(50-30(52-28)7-4-5-8-30)29(18-31,51-24(28)33-9-6-22(34)32-25(33)35)19-47-53(38,48-20-45-26(36)43-16-14-41-12-10-39-2)49-21-46-27(37)44-17-15-42-13-11-40-3;1-24(34)19(30)25(14-26,47-20(24)28-5-4-18(29)27-21(28)31)15-44-48(35,45-16-42-22(32)40-12-10-38-8-6-36-2)46-17-43-23(33)41-13-11-39-9-7-37-3;1-14-11(23-16(25-14)5-2-3-6-16)15(8-17,9-20)24-12(14)19-7-4-10(21)18-13(19)22/h6,9,23-24H,4-5,7-8,10-21H2,1-3H3,(H,32,34,35);4-5,19-20,30,34H,6-17H2,1-3H3,(H,27,29,31);4,7,11-12,20H,2-3,5-6,8-9H2,1H3,(H,18,21,22)/t23-,24+,28+,29+;19-,20+,24+,25+;11-,12+,14+,15+/m000/s1. The predicted molar refractivity (Wildman–Crippen MR) is 407 cm³/mol. The first kappa shape index (κ1) is 104. The van der Waals surface area contributed by atoms with Crippen LogP contribution in [0, 0.1) is 0 Å². The van der Waals surface area contributed by atoms with Crippen molar-refractivity contribution in [2.75, 3.05) is 201 Å². The summed E-state index contributed by atoms with van der Waals surface area (Å²) in [5, 5.41) is 31.7. The lowest BCUT2D eigenvalue weighted by Crippen LogP contribution is -2.53. The monoisotopic (exact) mass is 1870 g/mol. The number of hydrogen-bond acceptors (Lipinski definition) is 44. The first-order chi connectivity index (χ1) is 60.2. The molecular weight excluding hydrogens is 1760 g/mol. The van der Waals surface area contributed by atoms with Gasteiger partial charge in [-0.15, -0.1) is 0 Å². The van der Waals surface area contributed by atoms with Crippen LogP contribution in [0.25, 0.3) is 0 Å². The van der Waals surface area contributed by atoms with Gasteiger partial charge < -0.3 is 124 Å². The van der Waals surface area contributed by atoms with Gasteiger partial charge in [-0.1, -0.05) is 0 Å². The summed E-state index contributed by atoms with van der Waals surface area (Å²) in [6, 6.07) is 3.16. The van der Waals surface area contributed by atoms with Gasteiger partial charge in [0.2, 0.25) is 27.2 Å². The molecular formula is C71H107F3N6O44P2.